The summed E-state index contributed by atoms with van der Waals surface area (Å²) in [5.41, 5.74) is 0. The third-order valence-corrected chi connectivity index (χ3v) is 3.64. The minimum absolute atomic E-state index is 0.111. The fourth-order valence-electron chi connectivity index (χ4n) is 2.28. The predicted octanol–water partition coefficient (Wildman–Crippen LogP) is -0.0464. The quantitative estimate of drug-likeness (QED) is 0.711. The largest absolute Gasteiger partial charge is 0.394 e. The number of alkyl halides is 2. The summed E-state index contributed by atoms with van der Waals surface area (Å²) in [5.74, 6) is -0.667. The number of rotatable bonds is 4. The van der Waals surface area contributed by atoms with E-state index in [4.69, 9.17) is 26.2 Å². The Balaban J connectivity index is 2.18. The highest BCUT2D eigenvalue weighted by molar-refractivity contribution is 6.33. The molecule has 2 rings (SSSR count). The molecule has 1 unspecified atom stereocenters. The molecule has 2 aliphatic heterocycles. The summed E-state index contributed by atoms with van der Waals surface area (Å²) in [6.45, 7) is 1.42. The summed E-state index contributed by atoms with van der Waals surface area (Å²) in [6.07, 6.45) is -4.47. The smallest absolute Gasteiger partial charge is 0.328 e. The van der Waals surface area contributed by atoms with Crippen LogP contribution in [-0.4, -0.2) is 65.3 Å². The van der Waals surface area contributed by atoms with Gasteiger partial charge >= 0.3 is 6.03 Å². The summed E-state index contributed by atoms with van der Waals surface area (Å²) in [5, 5.41) is 9.94. The SMILES string of the molecule is CCO[C@H]1C(Cl)C(=O)NC(=O)N1[C@H]1C[C@H](F)[C@@H](CO)O1. The summed E-state index contributed by atoms with van der Waals surface area (Å²) >= 11 is 5.93. The first-order chi connectivity index (χ1) is 9.49. The van der Waals surface area contributed by atoms with Crippen molar-refractivity contribution in [1.29, 1.82) is 0 Å². The first-order valence-electron chi connectivity index (χ1n) is 6.28. The second-order valence-corrected chi connectivity index (χ2v) is 4.98. The van der Waals surface area contributed by atoms with Crippen LogP contribution >= 0.6 is 11.6 Å². The topological polar surface area (TPSA) is 88.1 Å². The highest BCUT2D eigenvalue weighted by Crippen LogP contribution is 2.30. The summed E-state index contributed by atoms with van der Waals surface area (Å²) in [6, 6.07) is -0.749. The lowest BCUT2D eigenvalue weighted by atomic mass is 10.2. The van der Waals surface area contributed by atoms with Crippen molar-refractivity contribution < 1.29 is 28.6 Å². The van der Waals surface area contributed by atoms with Gasteiger partial charge in [0.15, 0.2) is 11.6 Å². The van der Waals surface area contributed by atoms with E-state index in [1.54, 1.807) is 6.92 Å². The molecule has 0 saturated carbocycles. The number of halogens is 2. The molecule has 0 aromatic heterocycles. The molecule has 9 heteroatoms. The standard InChI is InChI=1S/C11H16ClFN2O5/c1-2-19-10-8(12)9(17)14-11(18)15(10)7-3-5(13)6(4-16)20-7/h5-8,10,16H,2-4H2,1H3,(H,14,17,18)/t5-,6+,7+,8?,10-/m0/s1. The van der Waals surface area contributed by atoms with Gasteiger partial charge in [-0.25, -0.2) is 9.18 Å². The molecule has 3 amide bonds. The van der Waals surface area contributed by atoms with Gasteiger partial charge in [0, 0.05) is 13.0 Å². The molecule has 2 fully saturated rings. The molecule has 0 aromatic rings. The van der Waals surface area contributed by atoms with Crippen molar-refractivity contribution in [2.75, 3.05) is 13.2 Å². The van der Waals surface area contributed by atoms with Gasteiger partial charge < -0.3 is 14.6 Å². The number of hydrogen-bond donors (Lipinski definition) is 2. The van der Waals surface area contributed by atoms with Crippen LogP contribution in [0.5, 0.6) is 0 Å². The highest BCUT2D eigenvalue weighted by Gasteiger charge is 2.49. The first kappa shape index (κ1) is 15.4. The van der Waals surface area contributed by atoms with Gasteiger partial charge in [-0.1, -0.05) is 0 Å². The van der Waals surface area contributed by atoms with E-state index in [-0.39, 0.29) is 13.0 Å². The lowest BCUT2D eigenvalue weighted by molar-refractivity contribution is -0.149. The molecule has 0 radical (unpaired) electrons. The maximum absolute atomic E-state index is 13.6. The number of aliphatic hydroxyl groups is 1. The van der Waals surface area contributed by atoms with Crippen molar-refractivity contribution in [2.45, 2.75) is 43.5 Å². The maximum atomic E-state index is 13.6. The van der Waals surface area contributed by atoms with Crippen LogP contribution < -0.4 is 5.32 Å². The molecular weight excluding hydrogens is 295 g/mol. The van der Waals surface area contributed by atoms with Crippen LogP contribution in [0.15, 0.2) is 0 Å². The van der Waals surface area contributed by atoms with E-state index in [0.717, 1.165) is 4.90 Å². The lowest BCUT2D eigenvalue weighted by Gasteiger charge is -2.40. The zero-order chi connectivity index (χ0) is 14.9. The average Bonchev–Trinajstić information content (AvgIpc) is 2.76. The molecule has 2 saturated heterocycles. The number of amides is 3. The number of nitrogens with one attached hydrogen (secondary N) is 1. The van der Waals surface area contributed by atoms with E-state index in [1.165, 1.54) is 0 Å². The van der Waals surface area contributed by atoms with Crippen molar-refractivity contribution in [3.63, 3.8) is 0 Å². The Bertz CT molecular complexity index is 399. The van der Waals surface area contributed by atoms with Crippen LogP contribution in [0.2, 0.25) is 0 Å². The van der Waals surface area contributed by atoms with Crippen LogP contribution in [0.1, 0.15) is 13.3 Å². The molecule has 114 valence electrons. The molecule has 0 aromatic carbocycles. The van der Waals surface area contributed by atoms with Gasteiger partial charge in [0.1, 0.15) is 18.5 Å². The molecule has 2 heterocycles. The van der Waals surface area contributed by atoms with E-state index in [9.17, 15) is 14.0 Å². The monoisotopic (exact) mass is 310 g/mol. The van der Waals surface area contributed by atoms with Crippen molar-refractivity contribution in [1.82, 2.24) is 10.2 Å². The summed E-state index contributed by atoms with van der Waals surface area (Å²) in [7, 11) is 0. The van der Waals surface area contributed by atoms with Gasteiger partial charge in [-0.2, -0.15) is 0 Å². The first-order valence-corrected chi connectivity index (χ1v) is 6.72. The summed E-state index contributed by atoms with van der Waals surface area (Å²) < 4.78 is 24.2. The lowest BCUT2D eigenvalue weighted by Crippen LogP contribution is -2.64. The van der Waals surface area contributed by atoms with E-state index < -0.39 is 48.7 Å². The molecule has 2 N–H and O–H groups in total. The third kappa shape index (κ3) is 2.73. The molecule has 0 bridgehead atoms. The van der Waals surface area contributed by atoms with Crippen LogP contribution in [0.3, 0.4) is 0 Å². The second-order valence-electron chi connectivity index (χ2n) is 4.51. The second kappa shape index (κ2) is 6.21. The number of carbonyl (C=O) groups excluding carboxylic acids is 2. The fraction of sp³-hybridized carbons (Fsp3) is 0.818. The highest BCUT2D eigenvalue weighted by atomic mass is 35.5. The number of carbonyl (C=O) groups is 2. The Morgan fingerprint density at radius 1 is 1.60 bits per heavy atom. The zero-order valence-corrected chi connectivity index (χ0v) is 11.5. The van der Waals surface area contributed by atoms with E-state index in [0.29, 0.717) is 0 Å². The van der Waals surface area contributed by atoms with Gasteiger partial charge in [-0.15, -0.1) is 11.6 Å². The Labute approximate surface area is 119 Å². The Morgan fingerprint density at radius 3 is 2.85 bits per heavy atom. The molecule has 0 aliphatic carbocycles. The van der Waals surface area contributed by atoms with Gasteiger partial charge in [0.2, 0.25) is 0 Å². The Kier molecular flexibility index (Phi) is 4.79. The van der Waals surface area contributed by atoms with Crippen molar-refractivity contribution in [2.24, 2.45) is 0 Å². The molecule has 7 nitrogen and oxygen atoms in total. The minimum Gasteiger partial charge on any atom is -0.394 e. The number of aliphatic hydroxyl groups excluding tert-OH is 1. The number of ether oxygens (including phenoxy) is 2. The van der Waals surface area contributed by atoms with Crippen molar-refractivity contribution in [3.05, 3.63) is 0 Å². The predicted molar refractivity (Wildman–Crippen MR) is 65.7 cm³/mol. The van der Waals surface area contributed by atoms with Crippen LogP contribution in [0.4, 0.5) is 9.18 Å². The van der Waals surface area contributed by atoms with Crippen LogP contribution in [0, 0.1) is 0 Å². The number of imide groups is 1. The van der Waals surface area contributed by atoms with Crippen LogP contribution in [-0.2, 0) is 14.3 Å². The van der Waals surface area contributed by atoms with Gasteiger partial charge in [0.25, 0.3) is 5.91 Å². The van der Waals surface area contributed by atoms with Gasteiger partial charge in [-0.05, 0) is 6.92 Å². The minimum atomic E-state index is -1.40. The molecular formula is C11H16ClFN2O5. The van der Waals surface area contributed by atoms with E-state index in [1.807, 2.05) is 0 Å². The fourth-order valence-corrected chi connectivity index (χ4v) is 2.53. The third-order valence-electron chi connectivity index (χ3n) is 3.23. The van der Waals surface area contributed by atoms with Crippen molar-refractivity contribution in [3.8, 4) is 0 Å². The molecule has 20 heavy (non-hydrogen) atoms. The number of urea groups is 1. The number of hydrogen-bond acceptors (Lipinski definition) is 5. The number of nitrogens with zero attached hydrogens (tertiary/aromatic N) is 1. The molecule has 2 aliphatic rings. The average molecular weight is 311 g/mol. The van der Waals surface area contributed by atoms with Gasteiger partial charge in [0.05, 0.1) is 6.61 Å². The van der Waals surface area contributed by atoms with Gasteiger partial charge in [-0.3, -0.25) is 15.0 Å². The molecule has 5 atom stereocenters. The Hall–Kier alpha value is -0.960. The van der Waals surface area contributed by atoms with Crippen molar-refractivity contribution >= 4 is 23.5 Å². The maximum Gasteiger partial charge on any atom is 0.328 e. The molecule has 0 spiro atoms. The van der Waals surface area contributed by atoms with Crippen LogP contribution in [0.25, 0.3) is 0 Å². The summed E-state index contributed by atoms with van der Waals surface area (Å²) in [4.78, 5) is 24.5. The Morgan fingerprint density at radius 2 is 2.30 bits per heavy atom. The zero-order valence-electron chi connectivity index (χ0n) is 10.8. The van der Waals surface area contributed by atoms with E-state index >= 15 is 0 Å². The van der Waals surface area contributed by atoms with E-state index in [2.05, 4.69) is 5.32 Å². The normalized spacial score (nSPS) is 38.2.